The number of aliphatic hydroxyl groups excluding tert-OH is 1. The maximum absolute atomic E-state index is 9.19. The van der Waals surface area contributed by atoms with Gasteiger partial charge in [0.15, 0.2) is 0 Å². The maximum atomic E-state index is 9.19. The molecule has 0 amide bonds. The normalized spacial score (nSPS) is 10.6. The monoisotopic (exact) mass is 283 g/mol. The van der Waals surface area contributed by atoms with Crippen LogP contribution >= 0.6 is 11.8 Å². The van der Waals surface area contributed by atoms with Crippen molar-refractivity contribution >= 4 is 11.8 Å². The first-order chi connectivity index (χ1) is 9.63. The summed E-state index contributed by atoms with van der Waals surface area (Å²) in [5, 5.41) is 18.3. The Morgan fingerprint density at radius 1 is 1.15 bits per heavy atom. The molecule has 0 bridgehead atoms. The van der Waals surface area contributed by atoms with Crippen LogP contribution < -0.4 is 0 Å². The second kappa shape index (κ2) is 6.60. The van der Waals surface area contributed by atoms with Gasteiger partial charge in [-0.15, -0.1) is 0 Å². The van der Waals surface area contributed by atoms with Crippen LogP contribution in [0.1, 0.15) is 36.5 Å². The van der Waals surface area contributed by atoms with Gasteiger partial charge in [-0.2, -0.15) is 5.26 Å². The van der Waals surface area contributed by atoms with Gasteiger partial charge in [-0.1, -0.05) is 43.8 Å². The molecule has 0 unspecified atom stereocenters. The van der Waals surface area contributed by atoms with E-state index in [1.807, 2.05) is 12.1 Å². The predicted octanol–water partition coefficient (Wildman–Crippen LogP) is 4.33. The second-order valence-corrected chi connectivity index (χ2v) is 6.04. The van der Waals surface area contributed by atoms with Crippen LogP contribution in [0.3, 0.4) is 0 Å². The fourth-order valence-corrected chi connectivity index (χ4v) is 2.78. The van der Waals surface area contributed by atoms with Crippen molar-refractivity contribution in [3.05, 3.63) is 59.2 Å². The Morgan fingerprint density at radius 3 is 2.40 bits per heavy atom. The van der Waals surface area contributed by atoms with Crippen LogP contribution in [0.4, 0.5) is 0 Å². The molecule has 0 spiro atoms. The average Bonchev–Trinajstić information content (AvgIpc) is 2.48. The summed E-state index contributed by atoms with van der Waals surface area (Å²) in [6, 6.07) is 16.1. The lowest BCUT2D eigenvalue weighted by Crippen LogP contribution is -1.88. The van der Waals surface area contributed by atoms with Crippen molar-refractivity contribution < 1.29 is 5.11 Å². The molecule has 0 aliphatic rings. The van der Waals surface area contributed by atoms with Gasteiger partial charge in [-0.25, -0.2) is 0 Å². The minimum Gasteiger partial charge on any atom is -0.392 e. The number of hydrogen-bond donors (Lipinski definition) is 1. The molecule has 1 N–H and O–H groups in total. The quantitative estimate of drug-likeness (QED) is 0.908. The lowest BCUT2D eigenvalue weighted by molar-refractivity contribution is 0.281. The Bertz CT molecular complexity index is 626. The van der Waals surface area contributed by atoms with Crippen molar-refractivity contribution in [2.75, 3.05) is 0 Å². The minimum atomic E-state index is -0.0390. The summed E-state index contributed by atoms with van der Waals surface area (Å²) in [6.07, 6.45) is 0. The van der Waals surface area contributed by atoms with E-state index in [0.29, 0.717) is 11.5 Å². The highest BCUT2D eigenvalue weighted by molar-refractivity contribution is 7.99. The van der Waals surface area contributed by atoms with Crippen LogP contribution in [0.25, 0.3) is 0 Å². The molecule has 0 fully saturated rings. The van der Waals surface area contributed by atoms with Gasteiger partial charge < -0.3 is 5.11 Å². The number of aliphatic hydroxyl groups is 1. The van der Waals surface area contributed by atoms with E-state index in [9.17, 15) is 5.26 Å². The highest BCUT2D eigenvalue weighted by atomic mass is 32.2. The third kappa shape index (κ3) is 3.41. The Hall–Kier alpha value is -1.76. The molecule has 20 heavy (non-hydrogen) atoms. The van der Waals surface area contributed by atoms with Crippen LogP contribution in [0.15, 0.2) is 52.3 Å². The van der Waals surface area contributed by atoms with Gasteiger partial charge in [-0.05, 0) is 41.3 Å². The molecule has 0 aromatic heterocycles. The maximum Gasteiger partial charge on any atom is 0.100 e. The first-order valence-corrected chi connectivity index (χ1v) is 7.37. The highest BCUT2D eigenvalue weighted by Crippen LogP contribution is 2.31. The molecule has 0 saturated heterocycles. The Morgan fingerprint density at radius 2 is 1.85 bits per heavy atom. The molecule has 0 atom stereocenters. The van der Waals surface area contributed by atoms with Gasteiger partial charge in [-0.3, -0.25) is 0 Å². The van der Waals surface area contributed by atoms with Crippen molar-refractivity contribution in [1.29, 1.82) is 5.26 Å². The molecule has 0 aliphatic carbocycles. The number of rotatable bonds is 4. The van der Waals surface area contributed by atoms with Crippen LogP contribution in [-0.2, 0) is 6.61 Å². The lowest BCUT2D eigenvalue weighted by Gasteiger charge is -2.08. The summed E-state index contributed by atoms with van der Waals surface area (Å²) in [5.74, 6) is 0.521. The van der Waals surface area contributed by atoms with Gasteiger partial charge in [0.1, 0.15) is 6.07 Å². The molecule has 0 aliphatic heterocycles. The largest absolute Gasteiger partial charge is 0.392 e. The summed E-state index contributed by atoms with van der Waals surface area (Å²) in [6.45, 7) is 4.30. The zero-order valence-electron chi connectivity index (χ0n) is 11.6. The van der Waals surface area contributed by atoms with Crippen molar-refractivity contribution in [2.45, 2.75) is 36.2 Å². The molecule has 102 valence electrons. The topological polar surface area (TPSA) is 44.0 Å². The average molecular weight is 283 g/mol. The molecule has 2 rings (SSSR count). The Kier molecular flexibility index (Phi) is 4.84. The molecule has 2 aromatic carbocycles. The van der Waals surface area contributed by atoms with E-state index >= 15 is 0 Å². The molecule has 0 radical (unpaired) electrons. The second-order valence-electron chi connectivity index (χ2n) is 4.93. The fourth-order valence-electron chi connectivity index (χ4n) is 1.90. The lowest BCUT2D eigenvalue weighted by atomic mass is 10.0. The number of hydrogen-bond acceptors (Lipinski definition) is 3. The van der Waals surface area contributed by atoms with Crippen molar-refractivity contribution in [3.8, 4) is 6.07 Å². The first-order valence-electron chi connectivity index (χ1n) is 6.55. The van der Waals surface area contributed by atoms with Gasteiger partial charge in [0.2, 0.25) is 0 Å². The molecule has 2 nitrogen and oxygen atoms in total. The third-order valence-electron chi connectivity index (χ3n) is 3.12. The summed E-state index contributed by atoms with van der Waals surface area (Å²) in [4.78, 5) is 2.03. The molecule has 2 aromatic rings. The van der Waals surface area contributed by atoms with E-state index in [-0.39, 0.29) is 6.61 Å². The van der Waals surface area contributed by atoms with Crippen LogP contribution in [-0.4, -0.2) is 5.11 Å². The Labute approximate surface area is 124 Å². The smallest absolute Gasteiger partial charge is 0.100 e. The summed E-state index contributed by atoms with van der Waals surface area (Å²) < 4.78 is 0. The van der Waals surface area contributed by atoms with Gasteiger partial charge in [0.25, 0.3) is 0 Å². The number of benzene rings is 2. The number of nitriles is 1. The van der Waals surface area contributed by atoms with Crippen molar-refractivity contribution in [3.63, 3.8) is 0 Å². The zero-order valence-corrected chi connectivity index (χ0v) is 12.4. The summed E-state index contributed by atoms with van der Waals surface area (Å²) in [5.41, 5.74) is 2.68. The highest BCUT2D eigenvalue weighted by Gasteiger charge is 2.06. The summed E-state index contributed by atoms with van der Waals surface area (Å²) in [7, 11) is 0. The molecular formula is C17H17NOS. The zero-order chi connectivity index (χ0) is 14.5. The SMILES string of the molecule is CC(C)c1ccc(Sc2ccc(CO)cc2C#N)cc1. The van der Waals surface area contributed by atoms with Gasteiger partial charge >= 0.3 is 0 Å². The molecule has 3 heteroatoms. The van der Waals surface area contributed by atoms with Gasteiger partial charge in [0, 0.05) is 9.79 Å². The van der Waals surface area contributed by atoms with E-state index < -0.39 is 0 Å². The standard InChI is InChI=1S/C17H17NOS/c1-12(2)14-4-6-16(7-5-14)20-17-8-3-13(11-19)9-15(17)10-18/h3-9,12,19H,11H2,1-2H3. The molecule has 0 saturated carbocycles. The van der Waals surface area contributed by atoms with E-state index in [1.54, 1.807) is 17.8 Å². The van der Waals surface area contributed by atoms with E-state index in [4.69, 9.17) is 5.11 Å². The fraction of sp³-hybridized carbons (Fsp3) is 0.235. The van der Waals surface area contributed by atoms with E-state index in [2.05, 4.69) is 44.2 Å². The molecular weight excluding hydrogens is 266 g/mol. The predicted molar refractivity (Wildman–Crippen MR) is 81.7 cm³/mol. The minimum absolute atomic E-state index is 0.0390. The van der Waals surface area contributed by atoms with Crippen LogP contribution in [0.2, 0.25) is 0 Å². The van der Waals surface area contributed by atoms with E-state index in [0.717, 1.165) is 15.4 Å². The van der Waals surface area contributed by atoms with Gasteiger partial charge in [0.05, 0.1) is 12.2 Å². The van der Waals surface area contributed by atoms with Crippen molar-refractivity contribution in [2.24, 2.45) is 0 Å². The summed E-state index contributed by atoms with van der Waals surface area (Å²) >= 11 is 1.57. The van der Waals surface area contributed by atoms with E-state index in [1.165, 1.54) is 5.56 Å². The van der Waals surface area contributed by atoms with Crippen molar-refractivity contribution in [1.82, 2.24) is 0 Å². The molecule has 0 heterocycles. The third-order valence-corrected chi connectivity index (χ3v) is 4.21. The first kappa shape index (κ1) is 14.6. The van der Waals surface area contributed by atoms with Crippen LogP contribution in [0.5, 0.6) is 0 Å². The van der Waals surface area contributed by atoms with Crippen LogP contribution in [0, 0.1) is 11.3 Å². The number of nitrogens with zero attached hydrogens (tertiary/aromatic N) is 1. The Balaban J connectivity index is 2.23.